The van der Waals surface area contributed by atoms with E-state index in [0.717, 1.165) is 40.6 Å². The Hall–Kier alpha value is -2.47. The van der Waals surface area contributed by atoms with Gasteiger partial charge < -0.3 is 14.7 Å². The standard InChI is InChI=1S/C23H28N2O4/c1-14-9-15(2)20-17(10-14)18(11-19(24-20)16-5-6-16)21(26)25-8-4-7-23(12-25,13-29-3)22(27)28/h9-11,16H,4-8,12-13H2,1-3H3,(H,27,28). The lowest BCUT2D eigenvalue weighted by Gasteiger charge is -2.39. The lowest BCUT2D eigenvalue weighted by molar-refractivity contribution is -0.155. The second kappa shape index (κ2) is 7.41. The van der Waals surface area contributed by atoms with Crippen LogP contribution in [0.25, 0.3) is 10.9 Å². The van der Waals surface area contributed by atoms with E-state index in [4.69, 9.17) is 9.72 Å². The molecular weight excluding hydrogens is 368 g/mol. The fourth-order valence-corrected chi connectivity index (χ4v) is 4.57. The Morgan fingerprint density at radius 1 is 1.28 bits per heavy atom. The smallest absolute Gasteiger partial charge is 0.313 e. The molecule has 1 aromatic heterocycles. The van der Waals surface area contributed by atoms with Gasteiger partial charge in [0.25, 0.3) is 5.91 Å². The number of aryl methyl sites for hydroxylation is 2. The zero-order valence-corrected chi connectivity index (χ0v) is 17.3. The van der Waals surface area contributed by atoms with Crippen LogP contribution < -0.4 is 0 Å². The summed E-state index contributed by atoms with van der Waals surface area (Å²) >= 11 is 0. The van der Waals surface area contributed by atoms with Crippen LogP contribution >= 0.6 is 0 Å². The Morgan fingerprint density at radius 2 is 2.03 bits per heavy atom. The van der Waals surface area contributed by atoms with Crippen molar-refractivity contribution in [1.82, 2.24) is 9.88 Å². The number of benzene rings is 1. The van der Waals surface area contributed by atoms with Gasteiger partial charge in [0, 0.05) is 37.2 Å². The normalized spacial score (nSPS) is 22.1. The van der Waals surface area contributed by atoms with Gasteiger partial charge in [-0.1, -0.05) is 11.6 Å². The first-order valence-corrected chi connectivity index (χ1v) is 10.3. The number of aliphatic carboxylic acids is 1. The minimum atomic E-state index is -1.04. The van der Waals surface area contributed by atoms with Gasteiger partial charge in [0.15, 0.2) is 0 Å². The monoisotopic (exact) mass is 396 g/mol. The Morgan fingerprint density at radius 3 is 2.69 bits per heavy atom. The second-order valence-electron chi connectivity index (χ2n) is 8.70. The van der Waals surface area contributed by atoms with Gasteiger partial charge in [0.2, 0.25) is 0 Å². The van der Waals surface area contributed by atoms with Crippen molar-refractivity contribution in [3.8, 4) is 0 Å². The molecule has 29 heavy (non-hydrogen) atoms. The van der Waals surface area contributed by atoms with Crippen molar-refractivity contribution in [2.24, 2.45) is 5.41 Å². The number of hydrogen-bond acceptors (Lipinski definition) is 4. The topological polar surface area (TPSA) is 79.7 Å². The van der Waals surface area contributed by atoms with E-state index in [9.17, 15) is 14.7 Å². The second-order valence-corrected chi connectivity index (χ2v) is 8.70. The highest BCUT2D eigenvalue weighted by Crippen LogP contribution is 2.41. The first kappa shape index (κ1) is 19.8. The number of aromatic nitrogens is 1. The molecule has 1 aliphatic carbocycles. The third kappa shape index (κ3) is 3.62. The number of ether oxygens (including phenoxy) is 1. The fraction of sp³-hybridized carbons (Fsp3) is 0.522. The lowest BCUT2D eigenvalue weighted by Crippen LogP contribution is -2.52. The van der Waals surface area contributed by atoms with Crippen molar-refractivity contribution in [2.45, 2.75) is 45.4 Å². The van der Waals surface area contributed by atoms with Crippen LogP contribution in [0.15, 0.2) is 18.2 Å². The molecule has 1 saturated heterocycles. The number of carboxylic acids is 1. The molecule has 1 unspecified atom stereocenters. The molecule has 1 N–H and O–H groups in total. The minimum Gasteiger partial charge on any atom is -0.481 e. The molecule has 6 heteroatoms. The number of pyridine rings is 1. The summed E-state index contributed by atoms with van der Waals surface area (Å²) in [5.74, 6) is -0.577. The Bertz CT molecular complexity index is 978. The van der Waals surface area contributed by atoms with Gasteiger partial charge in [0.1, 0.15) is 5.41 Å². The molecule has 0 radical (unpaired) electrons. The van der Waals surface area contributed by atoms with Crippen molar-refractivity contribution >= 4 is 22.8 Å². The van der Waals surface area contributed by atoms with Crippen LogP contribution in [0.1, 0.15) is 58.8 Å². The van der Waals surface area contributed by atoms with Crippen molar-refractivity contribution in [1.29, 1.82) is 0 Å². The number of amides is 1. The number of fused-ring (bicyclic) bond motifs is 1. The van der Waals surface area contributed by atoms with Crippen molar-refractivity contribution in [2.75, 3.05) is 26.8 Å². The van der Waals surface area contributed by atoms with E-state index in [0.29, 0.717) is 30.9 Å². The molecule has 0 bridgehead atoms. The third-order valence-electron chi connectivity index (χ3n) is 6.23. The maximum Gasteiger partial charge on any atom is 0.313 e. The van der Waals surface area contributed by atoms with Crippen molar-refractivity contribution in [3.05, 3.63) is 40.6 Å². The van der Waals surface area contributed by atoms with Gasteiger partial charge in [0.05, 0.1) is 17.7 Å². The largest absolute Gasteiger partial charge is 0.481 e. The molecule has 1 amide bonds. The van der Waals surface area contributed by atoms with Crippen LogP contribution in [0, 0.1) is 19.3 Å². The molecule has 2 fully saturated rings. The maximum absolute atomic E-state index is 13.6. The third-order valence-corrected chi connectivity index (χ3v) is 6.23. The summed E-state index contributed by atoms with van der Waals surface area (Å²) in [7, 11) is 1.51. The molecule has 2 aromatic rings. The Kier molecular flexibility index (Phi) is 5.07. The van der Waals surface area contributed by atoms with Crippen LogP contribution in [-0.4, -0.2) is 53.7 Å². The highest BCUT2D eigenvalue weighted by atomic mass is 16.5. The van der Waals surface area contributed by atoms with Crippen LogP contribution in [0.2, 0.25) is 0 Å². The van der Waals surface area contributed by atoms with Crippen molar-refractivity contribution < 1.29 is 19.4 Å². The van der Waals surface area contributed by atoms with Gasteiger partial charge >= 0.3 is 5.97 Å². The van der Waals surface area contributed by atoms with Gasteiger partial charge in [-0.25, -0.2) is 0 Å². The molecule has 1 saturated carbocycles. The quantitative estimate of drug-likeness (QED) is 0.834. The van der Waals surface area contributed by atoms with E-state index in [1.54, 1.807) is 4.90 Å². The maximum atomic E-state index is 13.6. The van der Waals surface area contributed by atoms with Gasteiger partial charge in [-0.2, -0.15) is 0 Å². The predicted molar refractivity (Wildman–Crippen MR) is 110 cm³/mol. The summed E-state index contributed by atoms with van der Waals surface area (Å²) in [4.78, 5) is 32.2. The molecule has 0 spiro atoms. The van der Waals surface area contributed by atoms with Gasteiger partial charge in [-0.3, -0.25) is 14.6 Å². The molecule has 4 rings (SSSR count). The summed E-state index contributed by atoms with van der Waals surface area (Å²) in [5, 5.41) is 10.7. The minimum absolute atomic E-state index is 0.106. The number of carboxylic acid groups (broad SMARTS) is 1. The number of rotatable bonds is 5. The molecule has 6 nitrogen and oxygen atoms in total. The zero-order valence-electron chi connectivity index (χ0n) is 17.3. The van der Waals surface area contributed by atoms with Crippen LogP contribution in [0.5, 0.6) is 0 Å². The van der Waals surface area contributed by atoms with E-state index in [-0.39, 0.29) is 19.1 Å². The highest BCUT2D eigenvalue weighted by Gasteiger charge is 2.44. The number of carbonyl (C=O) groups excluding carboxylic acids is 1. The van der Waals surface area contributed by atoms with Crippen LogP contribution in [0.4, 0.5) is 0 Å². The summed E-state index contributed by atoms with van der Waals surface area (Å²) in [6.45, 7) is 4.88. The van der Waals surface area contributed by atoms with E-state index in [1.165, 1.54) is 7.11 Å². The van der Waals surface area contributed by atoms with Gasteiger partial charge in [-0.15, -0.1) is 0 Å². The van der Waals surface area contributed by atoms with E-state index >= 15 is 0 Å². The molecule has 1 aromatic carbocycles. The molecule has 1 aliphatic heterocycles. The summed E-state index contributed by atoms with van der Waals surface area (Å²) in [6, 6.07) is 6.05. The lowest BCUT2D eigenvalue weighted by atomic mass is 9.80. The summed E-state index contributed by atoms with van der Waals surface area (Å²) in [5.41, 5.74) is 3.60. The zero-order chi connectivity index (χ0) is 20.8. The van der Waals surface area contributed by atoms with Gasteiger partial charge in [-0.05, 0) is 57.2 Å². The number of carbonyl (C=O) groups is 2. The number of methoxy groups -OCH3 is 1. The van der Waals surface area contributed by atoms with E-state index in [1.807, 2.05) is 26.0 Å². The van der Waals surface area contributed by atoms with Crippen LogP contribution in [0.3, 0.4) is 0 Å². The number of nitrogens with zero attached hydrogens (tertiary/aromatic N) is 2. The summed E-state index contributed by atoms with van der Waals surface area (Å²) in [6.07, 6.45) is 3.38. The molecule has 154 valence electrons. The Balaban J connectivity index is 1.77. The molecular formula is C23H28N2O4. The van der Waals surface area contributed by atoms with Crippen molar-refractivity contribution in [3.63, 3.8) is 0 Å². The predicted octanol–water partition coefficient (Wildman–Crippen LogP) is 3.68. The Labute approximate surface area is 170 Å². The number of piperidine rings is 1. The highest BCUT2D eigenvalue weighted by molar-refractivity contribution is 6.07. The van der Waals surface area contributed by atoms with E-state index < -0.39 is 11.4 Å². The van der Waals surface area contributed by atoms with E-state index in [2.05, 4.69) is 6.07 Å². The first-order valence-electron chi connectivity index (χ1n) is 10.3. The molecule has 1 atom stereocenters. The number of likely N-dealkylation sites (tertiary alicyclic amines) is 1. The average molecular weight is 396 g/mol. The average Bonchev–Trinajstić information content (AvgIpc) is 3.52. The number of hydrogen-bond donors (Lipinski definition) is 1. The first-order chi connectivity index (χ1) is 13.8. The fourth-order valence-electron chi connectivity index (χ4n) is 4.57. The van der Waals surface area contributed by atoms with Crippen LogP contribution in [-0.2, 0) is 9.53 Å². The summed E-state index contributed by atoms with van der Waals surface area (Å²) < 4.78 is 5.21. The molecule has 2 heterocycles. The SMILES string of the molecule is COCC1(C(=O)O)CCCN(C(=O)c2cc(C3CC3)nc3c(C)cc(C)cc23)C1. The molecule has 2 aliphatic rings.